The summed E-state index contributed by atoms with van der Waals surface area (Å²) < 4.78 is 16.1. The average molecular weight is 525 g/mol. The highest BCUT2D eigenvalue weighted by molar-refractivity contribution is 6.12. The van der Waals surface area contributed by atoms with Crippen molar-refractivity contribution in [2.45, 2.75) is 12.5 Å². The molecule has 0 heterocycles. The molecule has 0 fully saturated rings. The number of nitrogens with one attached hydrogen (secondary N) is 2. The van der Waals surface area contributed by atoms with Crippen LogP contribution in [-0.4, -0.2) is 45.2 Å². The number of ether oxygens (including phenoxy) is 3. The molecule has 4 aromatic carbocycles. The monoisotopic (exact) mass is 524 g/mol. The molecular formula is C32H32N2O5. The van der Waals surface area contributed by atoms with E-state index in [1.54, 1.807) is 37.4 Å². The van der Waals surface area contributed by atoms with E-state index < -0.39 is 12.0 Å². The molecule has 0 aliphatic carbocycles. The molecule has 0 saturated carbocycles. The van der Waals surface area contributed by atoms with Gasteiger partial charge < -0.3 is 24.8 Å². The van der Waals surface area contributed by atoms with Gasteiger partial charge in [0, 0.05) is 41.5 Å². The largest absolute Gasteiger partial charge is 0.497 e. The van der Waals surface area contributed by atoms with Crippen molar-refractivity contribution < 1.29 is 23.8 Å². The maximum absolute atomic E-state index is 13.1. The number of ketones is 1. The Morgan fingerprint density at radius 3 is 2.28 bits per heavy atom. The van der Waals surface area contributed by atoms with Gasteiger partial charge in [-0.25, -0.2) is 4.79 Å². The van der Waals surface area contributed by atoms with Gasteiger partial charge in [0.2, 0.25) is 0 Å². The molecule has 0 bridgehead atoms. The van der Waals surface area contributed by atoms with E-state index in [9.17, 15) is 9.59 Å². The van der Waals surface area contributed by atoms with E-state index in [-0.39, 0.29) is 5.78 Å². The molecule has 0 radical (unpaired) electrons. The van der Waals surface area contributed by atoms with E-state index in [2.05, 4.69) is 10.6 Å². The molecule has 4 rings (SSSR count). The standard InChI is InChI=1S/C32H32N2O5/c1-37-27-12-8-11-25(22-27)33-19-20-39-26-17-15-23(16-18-26)21-30(32(36)38-2)34-29-14-7-6-13-28(29)31(35)24-9-4-3-5-10-24/h3-18,22,30,33-34H,19-21H2,1-2H3/t30-/m0/s1. The molecule has 7 nitrogen and oxygen atoms in total. The fourth-order valence-corrected chi connectivity index (χ4v) is 4.13. The van der Waals surface area contributed by atoms with E-state index in [0.29, 0.717) is 36.4 Å². The quantitative estimate of drug-likeness (QED) is 0.134. The average Bonchev–Trinajstić information content (AvgIpc) is 2.99. The maximum atomic E-state index is 13.1. The van der Waals surface area contributed by atoms with Gasteiger partial charge in [0.25, 0.3) is 0 Å². The summed E-state index contributed by atoms with van der Waals surface area (Å²) in [5, 5.41) is 6.54. The van der Waals surface area contributed by atoms with Gasteiger partial charge in [-0.1, -0.05) is 60.7 Å². The minimum atomic E-state index is -0.682. The first-order chi connectivity index (χ1) is 19.1. The van der Waals surface area contributed by atoms with Crippen molar-refractivity contribution in [2.24, 2.45) is 0 Å². The van der Waals surface area contributed by atoms with Crippen molar-refractivity contribution in [1.29, 1.82) is 0 Å². The molecule has 0 unspecified atom stereocenters. The van der Waals surface area contributed by atoms with Crippen LogP contribution in [0.1, 0.15) is 21.5 Å². The van der Waals surface area contributed by atoms with E-state index >= 15 is 0 Å². The smallest absolute Gasteiger partial charge is 0.328 e. The third-order valence-electron chi connectivity index (χ3n) is 6.16. The Hall–Kier alpha value is -4.78. The van der Waals surface area contributed by atoms with Crippen LogP contribution < -0.4 is 20.1 Å². The van der Waals surface area contributed by atoms with Crippen LogP contribution in [0.5, 0.6) is 11.5 Å². The molecule has 7 heteroatoms. The molecule has 0 amide bonds. The number of para-hydroxylation sites is 1. The first kappa shape index (κ1) is 27.3. The van der Waals surface area contributed by atoms with E-state index in [0.717, 1.165) is 22.7 Å². The Morgan fingerprint density at radius 1 is 0.795 bits per heavy atom. The Balaban J connectivity index is 1.37. The molecule has 1 atom stereocenters. The van der Waals surface area contributed by atoms with Crippen LogP contribution >= 0.6 is 0 Å². The number of methoxy groups -OCH3 is 2. The molecule has 2 N–H and O–H groups in total. The number of esters is 1. The number of carbonyl (C=O) groups is 2. The number of hydrogen-bond acceptors (Lipinski definition) is 7. The zero-order valence-corrected chi connectivity index (χ0v) is 22.1. The Labute approximate surface area is 228 Å². The lowest BCUT2D eigenvalue weighted by atomic mass is 10.00. The minimum absolute atomic E-state index is 0.121. The van der Waals surface area contributed by atoms with Gasteiger partial charge in [-0.15, -0.1) is 0 Å². The summed E-state index contributed by atoms with van der Waals surface area (Å²) in [6, 6.07) is 30.9. The van der Waals surface area contributed by atoms with Crippen LogP contribution in [-0.2, 0) is 16.0 Å². The van der Waals surface area contributed by atoms with Gasteiger partial charge in [-0.2, -0.15) is 0 Å². The Kier molecular flexibility index (Phi) is 9.56. The second-order valence-corrected chi connectivity index (χ2v) is 8.82. The first-order valence-electron chi connectivity index (χ1n) is 12.7. The molecule has 0 saturated heterocycles. The summed E-state index contributed by atoms with van der Waals surface area (Å²) in [6.07, 6.45) is 0.373. The molecule has 0 aliphatic heterocycles. The highest BCUT2D eigenvalue weighted by Crippen LogP contribution is 2.22. The van der Waals surface area contributed by atoms with E-state index in [4.69, 9.17) is 14.2 Å². The van der Waals surface area contributed by atoms with Crippen LogP contribution in [0.2, 0.25) is 0 Å². The predicted molar refractivity (Wildman–Crippen MR) is 153 cm³/mol. The second kappa shape index (κ2) is 13.7. The van der Waals surface area contributed by atoms with Gasteiger partial charge in [0.15, 0.2) is 5.78 Å². The van der Waals surface area contributed by atoms with Crippen LogP contribution in [0.15, 0.2) is 103 Å². The van der Waals surface area contributed by atoms with Crippen LogP contribution in [0.3, 0.4) is 0 Å². The highest BCUT2D eigenvalue weighted by atomic mass is 16.5. The van der Waals surface area contributed by atoms with Crippen molar-refractivity contribution in [1.82, 2.24) is 0 Å². The van der Waals surface area contributed by atoms with E-state index in [1.165, 1.54) is 7.11 Å². The van der Waals surface area contributed by atoms with Gasteiger partial charge in [0.1, 0.15) is 24.1 Å². The number of carbonyl (C=O) groups excluding carboxylic acids is 2. The van der Waals surface area contributed by atoms with Gasteiger partial charge in [0.05, 0.1) is 14.2 Å². The van der Waals surface area contributed by atoms with Crippen molar-refractivity contribution in [3.8, 4) is 11.5 Å². The molecule has 39 heavy (non-hydrogen) atoms. The molecular weight excluding hydrogens is 492 g/mol. The fourth-order valence-electron chi connectivity index (χ4n) is 4.13. The summed E-state index contributed by atoms with van der Waals surface area (Å²) in [5.41, 5.74) is 3.53. The number of rotatable bonds is 13. The predicted octanol–water partition coefficient (Wildman–Crippen LogP) is 5.61. The van der Waals surface area contributed by atoms with Gasteiger partial charge >= 0.3 is 5.97 Å². The first-order valence-corrected chi connectivity index (χ1v) is 12.7. The van der Waals surface area contributed by atoms with Crippen molar-refractivity contribution in [2.75, 3.05) is 38.0 Å². The lowest BCUT2D eigenvalue weighted by Gasteiger charge is -2.20. The van der Waals surface area contributed by atoms with Crippen molar-refractivity contribution in [3.63, 3.8) is 0 Å². The fraction of sp³-hybridized carbons (Fsp3) is 0.188. The highest BCUT2D eigenvalue weighted by Gasteiger charge is 2.22. The van der Waals surface area contributed by atoms with Gasteiger partial charge in [-0.3, -0.25) is 4.79 Å². The van der Waals surface area contributed by atoms with Crippen LogP contribution in [0.25, 0.3) is 0 Å². The molecule has 0 aliphatic rings. The van der Waals surface area contributed by atoms with Crippen LogP contribution in [0, 0.1) is 0 Å². The molecule has 0 aromatic heterocycles. The summed E-state index contributed by atoms with van der Waals surface area (Å²) >= 11 is 0. The number of anilines is 2. The third-order valence-corrected chi connectivity index (χ3v) is 6.16. The Morgan fingerprint density at radius 2 is 1.54 bits per heavy atom. The number of benzene rings is 4. The van der Waals surface area contributed by atoms with Crippen molar-refractivity contribution >= 4 is 23.1 Å². The summed E-state index contributed by atoms with van der Waals surface area (Å²) in [5.74, 6) is 0.987. The topological polar surface area (TPSA) is 85.9 Å². The summed E-state index contributed by atoms with van der Waals surface area (Å²) in [4.78, 5) is 25.8. The van der Waals surface area contributed by atoms with Crippen LogP contribution in [0.4, 0.5) is 11.4 Å². The zero-order chi connectivity index (χ0) is 27.5. The molecule has 0 spiro atoms. The molecule has 4 aromatic rings. The molecule has 200 valence electrons. The summed E-state index contributed by atoms with van der Waals surface area (Å²) in [6.45, 7) is 1.11. The minimum Gasteiger partial charge on any atom is -0.497 e. The normalized spacial score (nSPS) is 11.2. The summed E-state index contributed by atoms with van der Waals surface area (Å²) in [7, 11) is 3.00. The number of hydrogen-bond donors (Lipinski definition) is 2. The second-order valence-electron chi connectivity index (χ2n) is 8.82. The lowest BCUT2D eigenvalue weighted by Crippen LogP contribution is -2.33. The maximum Gasteiger partial charge on any atom is 0.328 e. The Bertz CT molecular complexity index is 1370. The van der Waals surface area contributed by atoms with Gasteiger partial charge in [-0.05, 0) is 42.0 Å². The lowest BCUT2D eigenvalue weighted by molar-refractivity contribution is -0.141. The van der Waals surface area contributed by atoms with Crippen molar-refractivity contribution in [3.05, 3.63) is 120 Å². The van der Waals surface area contributed by atoms with E-state index in [1.807, 2.05) is 72.8 Å². The SMILES string of the molecule is COC(=O)[C@H](Cc1ccc(OCCNc2cccc(OC)c2)cc1)Nc1ccccc1C(=O)c1ccccc1. The zero-order valence-electron chi connectivity index (χ0n) is 22.1. The third kappa shape index (κ3) is 7.61.